The van der Waals surface area contributed by atoms with E-state index >= 15 is 0 Å². The number of aliphatic hydroxyl groups is 1. The van der Waals surface area contributed by atoms with Crippen molar-refractivity contribution in [2.24, 2.45) is 21.9 Å². The van der Waals surface area contributed by atoms with Crippen molar-refractivity contribution in [2.75, 3.05) is 19.8 Å². The number of ketones is 1. The van der Waals surface area contributed by atoms with E-state index in [9.17, 15) is 24.0 Å². The van der Waals surface area contributed by atoms with Crippen LogP contribution in [-0.2, 0) is 28.7 Å². The number of rotatable bonds is 6. The molecule has 0 aromatic rings. The van der Waals surface area contributed by atoms with Crippen molar-refractivity contribution in [1.29, 1.82) is 0 Å². The monoisotopic (exact) mass is 494 g/mol. The first-order valence-corrected chi connectivity index (χ1v) is 9.94. The molecule has 0 aromatic heterocycles. The summed E-state index contributed by atoms with van der Waals surface area (Å²) in [6, 6.07) is 0. The van der Waals surface area contributed by atoms with Crippen LogP contribution in [0.15, 0.2) is 10.2 Å². The average molecular weight is 495 g/mol. The molecular weight excluding hydrogens is 456 g/mol. The zero-order chi connectivity index (χ0) is 26.4. The average Bonchev–Trinajstić information content (AvgIpc) is 3.25. The number of carboxylic acids is 1. The van der Waals surface area contributed by atoms with Gasteiger partial charge in [-0.2, -0.15) is 10.2 Å². The summed E-state index contributed by atoms with van der Waals surface area (Å²) in [4.78, 5) is 52.0. The Balaban J connectivity index is -0.000000183. The number of nitrogens with one attached hydrogen (secondary N) is 1. The zero-order valence-corrected chi connectivity index (χ0v) is 20.3. The molecule has 0 unspecified atom stereocenters. The number of esters is 1. The third-order valence-electron chi connectivity index (χ3n) is 3.01. The number of amides is 2. The molecule has 0 radical (unpaired) electrons. The lowest BCUT2D eigenvalue weighted by Gasteiger charge is -2.08. The number of carbonyl (C=O) groups excluding carboxylic acids is 4. The smallest absolute Gasteiger partial charge is 0.313 e. The summed E-state index contributed by atoms with van der Waals surface area (Å²) < 4.78 is 4.49. The van der Waals surface area contributed by atoms with E-state index < -0.39 is 11.9 Å². The molecule has 2 amide bonds. The topological polar surface area (TPSA) is 259 Å². The van der Waals surface area contributed by atoms with Crippen LogP contribution in [0.5, 0.6) is 0 Å². The van der Waals surface area contributed by atoms with E-state index in [0.717, 1.165) is 11.4 Å². The minimum absolute atomic E-state index is 0. The second-order valence-electron chi connectivity index (χ2n) is 6.23. The highest BCUT2D eigenvalue weighted by Gasteiger charge is 2.20. The number of nitrogens with zero attached hydrogens (tertiary/aromatic N) is 3. The molecule has 198 valence electrons. The van der Waals surface area contributed by atoms with Gasteiger partial charge >= 0.3 is 11.9 Å². The van der Waals surface area contributed by atoms with E-state index in [2.05, 4.69) is 32.1 Å². The Hall–Kier alpha value is -3.27. The number of carbonyl (C=O) groups is 5. The fourth-order valence-corrected chi connectivity index (χ4v) is 1.87. The van der Waals surface area contributed by atoms with Gasteiger partial charge in [-0.3, -0.25) is 35.7 Å². The maximum atomic E-state index is 11.0. The molecule has 15 nitrogen and oxygen atoms in total. The van der Waals surface area contributed by atoms with E-state index in [1.54, 1.807) is 20.8 Å². The van der Waals surface area contributed by atoms with Crippen LogP contribution in [0, 0.1) is 0 Å². The molecule has 2 heterocycles. The molecule has 0 fully saturated rings. The van der Waals surface area contributed by atoms with Crippen LogP contribution in [0.2, 0.25) is 0 Å². The molecule has 34 heavy (non-hydrogen) atoms. The molecule has 2 aliphatic heterocycles. The molecular formula is C19H38N6O9. The first kappa shape index (κ1) is 38.0. The van der Waals surface area contributed by atoms with Crippen molar-refractivity contribution in [3.8, 4) is 0 Å². The lowest BCUT2D eigenvalue weighted by molar-refractivity contribution is -0.145. The summed E-state index contributed by atoms with van der Waals surface area (Å²) in [6.07, 6.45) is 0.635. The number of nitrogens with two attached hydrogens (primary N) is 2. The second-order valence-corrected chi connectivity index (χ2v) is 6.23. The molecule has 0 bridgehead atoms. The van der Waals surface area contributed by atoms with Crippen LogP contribution in [-0.4, -0.2) is 81.4 Å². The van der Waals surface area contributed by atoms with Gasteiger partial charge in [-0.05, 0) is 34.6 Å². The van der Waals surface area contributed by atoms with Crippen molar-refractivity contribution < 1.29 is 44.4 Å². The lowest BCUT2D eigenvalue weighted by atomic mass is 10.3. The maximum absolute atomic E-state index is 11.0. The van der Waals surface area contributed by atoms with Gasteiger partial charge in [-0.1, -0.05) is 0 Å². The first-order valence-electron chi connectivity index (χ1n) is 9.94. The third-order valence-corrected chi connectivity index (χ3v) is 3.01. The number of ether oxygens (including phenoxy) is 1. The first-order chi connectivity index (χ1) is 15.5. The van der Waals surface area contributed by atoms with Crippen LogP contribution in [0.4, 0.5) is 0 Å². The molecule has 0 aliphatic carbocycles. The normalized spacial score (nSPS) is 12.8. The van der Waals surface area contributed by atoms with E-state index in [1.165, 1.54) is 11.9 Å². The van der Waals surface area contributed by atoms with Gasteiger partial charge in [0.15, 0.2) is 0 Å². The summed E-state index contributed by atoms with van der Waals surface area (Å²) in [7, 11) is 0. The van der Waals surface area contributed by atoms with Gasteiger partial charge in [0, 0.05) is 18.0 Å². The molecule has 2 rings (SSSR count). The highest BCUT2D eigenvalue weighted by atomic mass is 16.5. The second kappa shape index (κ2) is 24.4. The molecule has 0 saturated carbocycles. The predicted molar refractivity (Wildman–Crippen MR) is 124 cm³/mol. The Kier molecular flexibility index (Phi) is 27.3. The Morgan fingerprint density at radius 1 is 1.12 bits per heavy atom. The Morgan fingerprint density at radius 3 is 1.91 bits per heavy atom. The molecule has 9 N–H and O–H groups in total. The van der Waals surface area contributed by atoms with Crippen molar-refractivity contribution in [3.63, 3.8) is 0 Å². The maximum Gasteiger partial charge on any atom is 0.313 e. The zero-order valence-electron chi connectivity index (χ0n) is 20.3. The van der Waals surface area contributed by atoms with Gasteiger partial charge in [0.25, 0.3) is 0 Å². The number of aliphatic carboxylic acids is 1. The summed E-state index contributed by atoms with van der Waals surface area (Å²) in [6.45, 7) is 9.07. The third kappa shape index (κ3) is 25.0. The minimum atomic E-state index is -0.914. The number of hydrazone groups is 2. The number of hydrogen-bond acceptors (Lipinski definition) is 11. The van der Waals surface area contributed by atoms with Crippen LogP contribution < -0.4 is 17.1 Å². The van der Waals surface area contributed by atoms with Gasteiger partial charge in [0.05, 0.1) is 32.4 Å². The Morgan fingerprint density at radius 2 is 1.65 bits per heavy atom. The fraction of sp³-hybridized carbons (Fsp3) is 0.632. The minimum Gasteiger partial charge on any atom is -0.481 e. The number of aliphatic hydroxyl groups excluding tert-OH is 1. The molecule has 0 saturated heterocycles. The summed E-state index contributed by atoms with van der Waals surface area (Å²) in [5, 5.41) is 24.6. The molecule has 15 heteroatoms. The van der Waals surface area contributed by atoms with Crippen LogP contribution in [0.1, 0.15) is 60.3 Å². The molecule has 0 spiro atoms. The highest BCUT2D eigenvalue weighted by molar-refractivity contribution is 6.04. The van der Waals surface area contributed by atoms with E-state index in [0.29, 0.717) is 19.4 Å². The number of Topliss-reactive ketones (excluding diaryl/α,β-unsaturated/α-hetero) is 1. The van der Waals surface area contributed by atoms with Gasteiger partial charge in [0.1, 0.15) is 12.2 Å². The van der Waals surface area contributed by atoms with Crippen LogP contribution >= 0.6 is 0 Å². The SMILES string of the molecule is CC1=NN(CCC(=O)O)C(=O)C1.CC1=NNC(=O)C1.CCO.CCOC(=O)CC(C)=O.NN.O. The summed E-state index contributed by atoms with van der Waals surface area (Å²) in [5.41, 5.74) is 3.93. The van der Waals surface area contributed by atoms with Crippen molar-refractivity contribution in [3.05, 3.63) is 0 Å². The van der Waals surface area contributed by atoms with Crippen molar-refractivity contribution in [1.82, 2.24) is 10.4 Å². The van der Waals surface area contributed by atoms with E-state index in [1.807, 2.05) is 6.92 Å². The molecule has 0 aromatic carbocycles. The standard InChI is InChI=1S/C7H10N2O3.C6H10O3.C4H6N2O.C2H6O.H4N2.H2O/c1-5-4-6(10)9(8-5)3-2-7(11)12;1-3-9-6(8)4-5(2)7;1-3-2-4(7)6-5-3;1-2-3;1-2;/h2-4H2,1H3,(H,11,12);3-4H2,1-2H3;2H2,1H3,(H,6,7);3H,2H2,1H3;1-2H2;1H2. The van der Waals surface area contributed by atoms with E-state index in [-0.39, 0.29) is 49.1 Å². The Bertz CT molecular complexity index is 696. The fourth-order valence-electron chi connectivity index (χ4n) is 1.87. The number of carboxylic acid groups (broad SMARTS) is 1. The quantitative estimate of drug-likeness (QED) is 0.123. The van der Waals surface area contributed by atoms with Crippen molar-refractivity contribution in [2.45, 2.75) is 60.3 Å². The van der Waals surface area contributed by atoms with E-state index in [4.69, 9.17) is 10.2 Å². The summed E-state index contributed by atoms with van der Waals surface area (Å²) >= 11 is 0. The predicted octanol–water partition coefficient (Wildman–Crippen LogP) is -1.53. The summed E-state index contributed by atoms with van der Waals surface area (Å²) in [5.74, 6) is 6.37. The highest BCUT2D eigenvalue weighted by Crippen LogP contribution is 2.07. The lowest BCUT2D eigenvalue weighted by Crippen LogP contribution is -2.23. The van der Waals surface area contributed by atoms with Crippen LogP contribution in [0.25, 0.3) is 0 Å². The Labute approximate surface area is 198 Å². The van der Waals surface area contributed by atoms with Crippen molar-refractivity contribution >= 4 is 41.0 Å². The largest absolute Gasteiger partial charge is 0.481 e. The van der Waals surface area contributed by atoms with Gasteiger partial charge < -0.3 is 20.4 Å². The number of hydrogen-bond donors (Lipinski definition) is 5. The van der Waals surface area contributed by atoms with Crippen LogP contribution in [0.3, 0.4) is 0 Å². The van der Waals surface area contributed by atoms with Gasteiger partial charge in [-0.15, -0.1) is 0 Å². The molecule has 2 aliphatic rings. The van der Waals surface area contributed by atoms with Gasteiger partial charge in [-0.25, -0.2) is 10.4 Å². The number of hydrazine groups is 1. The van der Waals surface area contributed by atoms with Gasteiger partial charge in [0.2, 0.25) is 11.8 Å². The molecule has 0 atom stereocenters.